The van der Waals surface area contributed by atoms with Crippen molar-refractivity contribution in [2.45, 2.75) is 19.8 Å². The summed E-state index contributed by atoms with van der Waals surface area (Å²) in [6.45, 7) is 1.90. The average Bonchev–Trinajstić information content (AvgIpc) is 1.84. The SMILES string of the molecule is CCCCS(=O)(=O)N(C)O. The van der Waals surface area contributed by atoms with Crippen molar-refractivity contribution in [1.29, 1.82) is 0 Å². The third-order valence-corrected chi connectivity index (χ3v) is 2.77. The van der Waals surface area contributed by atoms with Crippen LogP contribution in [0.4, 0.5) is 0 Å². The molecule has 0 aromatic heterocycles. The van der Waals surface area contributed by atoms with Crippen molar-refractivity contribution in [2.24, 2.45) is 0 Å². The summed E-state index contributed by atoms with van der Waals surface area (Å²) in [6.07, 6.45) is 1.40. The van der Waals surface area contributed by atoms with Crippen molar-refractivity contribution >= 4 is 10.0 Å². The van der Waals surface area contributed by atoms with E-state index in [1.807, 2.05) is 6.92 Å². The molecule has 0 fully saturated rings. The second-order valence-electron chi connectivity index (χ2n) is 2.10. The van der Waals surface area contributed by atoms with Crippen molar-refractivity contribution in [3.63, 3.8) is 0 Å². The Bertz CT molecular complexity index is 173. The molecule has 0 aromatic carbocycles. The Morgan fingerprint density at radius 3 is 2.30 bits per heavy atom. The van der Waals surface area contributed by atoms with E-state index in [2.05, 4.69) is 0 Å². The fraction of sp³-hybridized carbons (Fsp3) is 1.00. The molecular formula is C5H13NO3S. The Morgan fingerprint density at radius 2 is 2.00 bits per heavy atom. The molecule has 5 heteroatoms. The summed E-state index contributed by atoms with van der Waals surface area (Å²) in [4.78, 5) is 0. The first-order valence-electron chi connectivity index (χ1n) is 3.16. The highest BCUT2D eigenvalue weighted by molar-refractivity contribution is 7.88. The number of sulfonamides is 1. The fourth-order valence-corrected chi connectivity index (χ4v) is 1.38. The van der Waals surface area contributed by atoms with Gasteiger partial charge in [0.05, 0.1) is 5.75 Å². The average molecular weight is 167 g/mol. The van der Waals surface area contributed by atoms with Gasteiger partial charge in [0.25, 0.3) is 0 Å². The van der Waals surface area contributed by atoms with Crippen molar-refractivity contribution < 1.29 is 13.6 Å². The van der Waals surface area contributed by atoms with Gasteiger partial charge >= 0.3 is 0 Å². The van der Waals surface area contributed by atoms with E-state index in [-0.39, 0.29) is 10.2 Å². The molecule has 0 atom stereocenters. The fourth-order valence-electron chi connectivity index (χ4n) is 0.459. The smallest absolute Gasteiger partial charge is 0.235 e. The predicted molar refractivity (Wildman–Crippen MR) is 38.2 cm³/mol. The molecular weight excluding hydrogens is 154 g/mol. The molecule has 0 heterocycles. The molecule has 0 spiro atoms. The quantitative estimate of drug-likeness (QED) is 0.618. The van der Waals surface area contributed by atoms with Crippen LogP contribution in [-0.4, -0.2) is 30.9 Å². The van der Waals surface area contributed by atoms with Crippen LogP contribution in [0.3, 0.4) is 0 Å². The molecule has 0 rings (SSSR count). The van der Waals surface area contributed by atoms with Crippen LogP contribution in [0.5, 0.6) is 0 Å². The normalized spacial score (nSPS) is 12.4. The number of hydroxylamine groups is 1. The van der Waals surface area contributed by atoms with E-state index in [0.29, 0.717) is 6.42 Å². The summed E-state index contributed by atoms with van der Waals surface area (Å²) in [7, 11) is -2.26. The summed E-state index contributed by atoms with van der Waals surface area (Å²) in [5.41, 5.74) is 0. The minimum Gasteiger partial charge on any atom is -0.300 e. The molecule has 0 aliphatic carbocycles. The Hall–Kier alpha value is -0.130. The standard InChI is InChI=1S/C5H13NO3S/c1-3-4-5-10(8,9)6(2)7/h7H,3-5H2,1-2H3. The lowest BCUT2D eigenvalue weighted by molar-refractivity contribution is 0.0310. The van der Waals surface area contributed by atoms with Crippen LogP contribution in [0.25, 0.3) is 0 Å². The summed E-state index contributed by atoms with van der Waals surface area (Å²) in [5.74, 6) is 0.0243. The minimum atomic E-state index is -3.37. The summed E-state index contributed by atoms with van der Waals surface area (Å²) in [5, 5.41) is 8.55. The monoisotopic (exact) mass is 167 g/mol. The molecule has 0 aliphatic heterocycles. The number of hydrogen-bond donors (Lipinski definition) is 1. The van der Waals surface area contributed by atoms with Crippen LogP contribution in [0, 0.1) is 0 Å². The predicted octanol–water partition coefficient (Wildman–Crippen LogP) is 0.437. The van der Waals surface area contributed by atoms with Gasteiger partial charge in [-0.3, -0.25) is 5.21 Å². The number of rotatable bonds is 4. The van der Waals surface area contributed by atoms with E-state index in [9.17, 15) is 8.42 Å². The van der Waals surface area contributed by atoms with Crippen molar-refractivity contribution in [3.8, 4) is 0 Å². The topological polar surface area (TPSA) is 57.6 Å². The Balaban J connectivity index is 3.90. The van der Waals surface area contributed by atoms with Crippen LogP contribution in [-0.2, 0) is 10.0 Å². The van der Waals surface area contributed by atoms with Crippen LogP contribution < -0.4 is 0 Å². The molecule has 0 saturated heterocycles. The Labute approximate surface area is 61.5 Å². The maximum absolute atomic E-state index is 10.8. The molecule has 0 bridgehead atoms. The second kappa shape index (κ2) is 3.90. The first-order valence-corrected chi connectivity index (χ1v) is 4.77. The maximum Gasteiger partial charge on any atom is 0.235 e. The zero-order valence-electron chi connectivity index (χ0n) is 6.24. The molecule has 4 nitrogen and oxygen atoms in total. The van der Waals surface area contributed by atoms with E-state index < -0.39 is 10.0 Å². The van der Waals surface area contributed by atoms with Gasteiger partial charge in [-0.2, -0.15) is 0 Å². The molecule has 0 aromatic rings. The van der Waals surface area contributed by atoms with Crippen LogP contribution in [0.15, 0.2) is 0 Å². The molecule has 1 N–H and O–H groups in total. The summed E-state index contributed by atoms with van der Waals surface area (Å²) < 4.78 is 21.8. The largest absolute Gasteiger partial charge is 0.300 e. The van der Waals surface area contributed by atoms with Crippen molar-refractivity contribution in [2.75, 3.05) is 12.8 Å². The van der Waals surface area contributed by atoms with Crippen LogP contribution in [0.2, 0.25) is 0 Å². The zero-order chi connectivity index (χ0) is 8.20. The van der Waals surface area contributed by atoms with Gasteiger partial charge in [0.15, 0.2) is 0 Å². The first-order chi connectivity index (χ1) is 4.50. The van der Waals surface area contributed by atoms with E-state index >= 15 is 0 Å². The molecule has 62 valence electrons. The third kappa shape index (κ3) is 3.14. The molecule has 0 amide bonds. The molecule has 0 radical (unpaired) electrons. The zero-order valence-corrected chi connectivity index (χ0v) is 7.06. The number of hydrogen-bond acceptors (Lipinski definition) is 3. The van der Waals surface area contributed by atoms with E-state index in [1.165, 1.54) is 0 Å². The molecule has 0 saturated carbocycles. The van der Waals surface area contributed by atoms with Crippen LogP contribution >= 0.6 is 0 Å². The minimum absolute atomic E-state index is 0.0243. The van der Waals surface area contributed by atoms with Crippen LogP contribution in [0.1, 0.15) is 19.8 Å². The van der Waals surface area contributed by atoms with E-state index in [4.69, 9.17) is 5.21 Å². The number of nitrogens with zero attached hydrogens (tertiary/aromatic N) is 1. The lowest BCUT2D eigenvalue weighted by Gasteiger charge is -2.07. The highest BCUT2D eigenvalue weighted by Gasteiger charge is 2.13. The van der Waals surface area contributed by atoms with Gasteiger partial charge in [-0.25, -0.2) is 8.42 Å². The lowest BCUT2D eigenvalue weighted by atomic mass is 10.4. The van der Waals surface area contributed by atoms with E-state index in [0.717, 1.165) is 13.5 Å². The van der Waals surface area contributed by atoms with Gasteiger partial charge < -0.3 is 0 Å². The highest BCUT2D eigenvalue weighted by Crippen LogP contribution is 1.98. The number of unbranched alkanes of at least 4 members (excludes halogenated alkanes) is 1. The molecule has 0 aliphatic rings. The van der Waals surface area contributed by atoms with Gasteiger partial charge in [-0.05, 0) is 6.42 Å². The second-order valence-corrected chi connectivity index (χ2v) is 4.20. The van der Waals surface area contributed by atoms with Crippen molar-refractivity contribution in [3.05, 3.63) is 0 Å². The summed E-state index contributed by atoms with van der Waals surface area (Å²) in [6, 6.07) is 0. The third-order valence-electron chi connectivity index (χ3n) is 1.16. The van der Waals surface area contributed by atoms with Gasteiger partial charge in [-0.15, -0.1) is 0 Å². The molecule has 0 unspecified atom stereocenters. The van der Waals surface area contributed by atoms with Gasteiger partial charge in [0.1, 0.15) is 0 Å². The Kier molecular flexibility index (Phi) is 3.85. The van der Waals surface area contributed by atoms with Gasteiger partial charge in [-0.1, -0.05) is 17.8 Å². The maximum atomic E-state index is 10.8. The Morgan fingerprint density at radius 1 is 1.50 bits per heavy atom. The van der Waals surface area contributed by atoms with E-state index in [1.54, 1.807) is 0 Å². The summed E-state index contributed by atoms with van der Waals surface area (Å²) >= 11 is 0. The highest BCUT2D eigenvalue weighted by atomic mass is 32.2. The van der Waals surface area contributed by atoms with Crippen molar-refractivity contribution in [1.82, 2.24) is 4.47 Å². The first kappa shape index (κ1) is 9.87. The van der Waals surface area contributed by atoms with Gasteiger partial charge in [0, 0.05) is 7.05 Å². The lowest BCUT2D eigenvalue weighted by Crippen LogP contribution is -2.25. The molecule has 10 heavy (non-hydrogen) atoms. The van der Waals surface area contributed by atoms with Gasteiger partial charge in [0.2, 0.25) is 10.0 Å².